The second kappa shape index (κ2) is 16.4. The van der Waals surface area contributed by atoms with E-state index in [0.717, 1.165) is 32.1 Å². The quantitative estimate of drug-likeness (QED) is 0.181. The number of esters is 1. The second-order valence-electron chi connectivity index (χ2n) is 6.11. The van der Waals surface area contributed by atoms with E-state index in [1.165, 1.54) is 20.1 Å². The van der Waals surface area contributed by atoms with Gasteiger partial charge in [0, 0.05) is 25.5 Å². The van der Waals surface area contributed by atoms with E-state index in [9.17, 15) is 9.59 Å². The van der Waals surface area contributed by atoms with Gasteiger partial charge in [-0.3, -0.25) is 9.59 Å². The molecule has 0 spiro atoms. The van der Waals surface area contributed by atoms with Gasteiger partial charge in [0.05, 0.1) is 13.0 Å². The molecule has 0 saturated carbocycles. The first kappa shape index (κ1) is 26.4. The van der Waals surface area contributed by atoms with E-state index >= 15 is 0 Å². The highest BCUT2D eigenvalue weighted by Gasteiger charge is 2.29. The number of carbonyl (C=O) groups excluding carboxylic acids is 2. The fraction of sp³-hybridized carbons (Fsp3) is 0.684. The smallest absolute Gasteiger partial charge is 0.310 e. The first-order valence-corrected chi connectivity index (χ1v) is 10.5. The minimum Gasteiger partial charge on any atom is -0.469 e. The van der Waals surface area contributed by atoms with Gasteiger partial charge in [-0.15, -0.1) is 23.2 Å². The van der Waals surface area contributed by atoms with Crippen molar-refractivity contribution in [3.8, 4) is 11.8 Å². The zero-order valence-corrected chi connectivity index (χ0v) is 18.7. The van der Waals surface area contributed by atoms with Gasteiger partial charge < -0.3 is 10.1 Å². The van der Waals surface area contributed by atoms with E-state index in [-0.39, 0.29) is 27.2 Å². The molecule has 0 rings (SSSR count). The van der Waals surface area contributed by atoms with Gasteiger partial charge in [0.2, 0.25) is 5.91 Å². The van der Waals surface area contributed by atoms with Gasteiger partial charge in [0.1, 0.15) is 9.33 Å². The number of ether oxygens (including phenoxy) is 1. The number of carbonyl (C=O) groups is 2. The summed E-state index contributed by atoms with van der Waals surface area (Å²) in [6.45, 7) is 1.44. The Balaban J connectivity index is 4.74. The summed E-state index contributed by atoms with van der Waals surface area (Å²) in [5, 5.41) is 2.88. The lowest BCUT2D eigenvalue weighted by atomic mass is 9.89. The molecular weight excluding hydrogens is 432 g/mol. The zero-order valence-electron chi connectivity index (χ0n) is 15.7. The molecule has 2 atom stereocenters. The van der Waals surface area contributed by atoms with Gasteiger partial charge in [-0.05, 0) is 25.7 Å². The van der Waals surface area contributed by atoms with Crippen LogP contribution in [-0.2, 0) is 14.3 Å². The SMILES string of the molecule is COC(=O)C(CCCCCC(Cl)Cl)C(CCCC#CC=C(Cl)Cl)NC(C)=O. The van der Waals surface area contributed by atoms with Gasteiger partial charge in [0.25, 0.3) is 0 Å². The number of rotatable bonds is 12. The van der Waals surface area contributed by atoms with Crippen molar-refractivity contribution in [3.05, 3.63) is 10.6 Å². The molecule has 0 aromatic carbocycles. The molecule has 1 N–H and O–H groups in total. The molecule has 154 valence electrons. The summed E-state index contributed by atoms with van der Waals surface area (Å²) in [7, 11) is 1.36. The fourth-order valence-electron chi connectivity index (χ4n) is 2.70. The van der Waals surface area contributed by atoms with Crippen LogP contribution in [0.2, 0.25) is 0 Å². The Hall–Kier alpha value is -0.600. The average molecular weight is 459 g/mol. The largest absolute Gasteiger partial charge is 0.469 e. The Labute approximate surface area is 182 Å². The van der Waals surface area contributed by atoms with Gasteiger partial charge in [-0.25, -0.2) is 0 Å². The maximum Gasteiger partial charge on any atom is 0.310 e. The molecule has 8 heteroatoms. The highest BCUT2D eigenvalue weighted by molar-refractivity contribution is 6.56. The maximum atomic E-state index is 12.2. The van der Waals surface area contributed by atoms with Crippen molar-refractivity contribution in [2.24, 2.45) is 5.92 Å². The Kier molecular flexibility index (Phi) is 16.0. The Morgan fingerprint density at radius 3 is 2.30 bits per heavy atom. The topological polar surface area (TPSA) is 55.4 Å². The summed E-state index contributed by atoms with van der Waals surface area (Å²) in [6, 6.07) is -0.294. The summed E-state index contributed by atoms with van der Waals surface area (Å²) in [4.78, 5) is 23.4. The van der Waals surface area contributed by atoms with Crippen LogP contribution in [0.5, 0.6) is 0 Å². The molecule has 0 radical (unpaired) electrons. The van der Waals surface area contributed by atoms with E-state index in [1.54, 1.807) is 0 Å². The van der Waals surface area contributed by atoms with Crippen molar-refractivity contribution in [1.82, 2.24) is 5.32 Å². The van der Waals surface area contributed by atoms with Crippen LogP contribution in [0.1, 0.15) is 58.3 Å². The molecule has 0 aromatic rings. The van der Waals surface area contributed by atoms with Crippen molar-refractivity contribution in [3.63, 3.8) is 0 Å². The van der Waals surface area contributed by atoms with E-state index in [0.29, 0.717) is 19.3 Å². The summed E-state index contributed by atoms with van der Waals surface area (Å²) in [5.74, 6) is 4.78. The van der Waals surface area contributed by atoms with Crippen LogP contribution in [0.3, 0.4) is 0 Å². The molecule has 2 unspecified atom stereocenters. The maximum absolute atomic E-state index is 12.2. The molecule has 0 bridgehead atoms. The predicted octanol–water partition coefficient (Wildman–Crippen LogP) is 5.53. The average Bonchev–Trinajstić information content (AvgIpc) is 2.58. The number of hydrogen-bond donors (Lipinski definition) is 1. The molecule has 0 saturated heterocycles. The number of nitrogens with one attached hydrogen (secondary N) is 1. The highest BCUT2D eigenvalue weighted by atomic mass is 35.5. The third-order valence-corrected chi connectivity index (χ3v) is 4.57. The Bertz CT molecular complexity index is 537. The minimum atomic E-state index is -0.396. The van der Waals surface area contributed by atoms with Crippen molar-refractivity contribution < 1.29 is 14.3 Å². The van der Waals surface area contributed by atoms with Gasteiger partial charge >= 0.3 is 5.97 Å². The lowest BCUT2D eigenvalue weighted by molar-refractivity contribution is -0.147. The van der Waals surface area contributed by atoms with Crippen LogP contribution < -0.4 is 5.32 Å². The molecule has 0 heterocycles. The molecule has 0 aliphatic carbocycles. The van der Waals surface area contributed by atoms with Gasteiger partial charge in [-0.2, -0.15) is 0 Å². The number of hydrogen-bond acceptors (Lipinski definition) is 3. The molecule has 27 heavy (non-hydrogen) atoms. The number of alkyl halides is 2. The summed E-state index contributed by atoms with van der Waals surface area (Å²) in [6.07, 6.45) is 7.35. The predicted molar refractivity (Wildman–Crippen MR) is 113 cm³/mol. The normalized spacial score (nSPS) is 12.6. The van der Waals surface area contributed by atoms with E-state index in [1.807, 2.05) is 0 Å². The molecular formula is C19H27Cl4NO3. The Morgan fingerprint density at radius 1 is 1.07 bits per heavy atom. The van der Waals surface area contributed by atoms with E-state index < -0.39 is 5.92 Å². The van der Waals surface area contributed by atoms with Gasteiger partial charge in [0.15, 0.2) is 0 Å². The van der Waals surface area contributed by atoms with Crippen LogP contribution in [0, 0.1) is 17.8 Å². The molecule has 4 nitrogen and oxygen atoms in total. The minimum absolute atomic E-state index is 0.110. The molecule has 0 fully saturated rings. The van der Waals surface area contributed by atoms with Crippen LogP contribution in [0.4, 0.5) is 0 Å². The molecule has 0 aliphatic rings. The fourth-order valence-corrected chi connectivity index (χ4v) is 3.12. The summed E-state index contributed by atoms with van der Waals surface area (Å²) in [5.41, 5.74) is 0. The van der Waals surface area contributed by atoms with Crippen LogP contribution in [0.15, 0.2) is 10.6 Å². The van der Waals surface area contributed by atoms with Crippen molar-refractivity contribution in [2.45, 2.75) is 69.2 Å². The zero-order chi connectivity index (χ0) is 20.7. The lowest BCUT2D eigenvalue weighted by Gasteiger charge is -2.26. The number of allylic oxidation sites excluding steroid dienone is 1. The van der Waals surface area contributed by atoms with Gasteiger partial charge in [-0.1, -0.05) is 54.3 Å². The number of unbranched alkanes of at least 4 members (excludes halogenated alkanes) is 3. The molecule has 1 amide bonds. The highest BCUT2D eigenvalue weighted by Crippen LogP contribution is 2.21. The van der Waals surface area contributed by atoms with Crippen LogP contribution in [-0.4, -0.2) is 29.9 Å². The standard InChI is InChI=1S/C19H27Cl4NO3/c1-14(25)24-16(11-7-3-4-8-12-17(20)21)15(19(26)27-2)10-6-5-9-13-18(22)23/h12,15-16,18H,3,5-7,9-11,13H2,1-2H3,(H,24,25). The number of amides is 1. The second-order valence-corrected chi connectivity index (χ2v) is 8.40. The first-order chi connectivity index (χ1) is 12.8. The summed E-state index contributed by atoms with van der Waals surface area (Å²) < 4.78 is 5.05. The Morgan fingerprint density at radius 2 is 1.74 bits per heavy atom. The first-order valence-electron chi connectivity index (χ1n) is 8.90. The number of halogens is 4. The van der Waals surface area contributed by atoms with Crippen molar-refractivity contribution in [2.75, 3.05) is 7.11 Å². The van der Waals surface area contributed by atoms with Crippen molar-refractivity contribution >= 4 is 58.3 Å². The van der Waals surface area contributed by atoms with Crippen LogP contribution >= 0.6 is 46.4 Å². The monoisotopic (exact) mass is 457 g/mol. The summed E-state index contributed by atoms with van der Waals surface area (Å²) >= 11 is 22.4. The van der Waals surface area contributed by atoms with E-state index in [4.69, 9.17) is 51.1 Å². The molecule has 0 aromatic heterocycles. The van der Waals surface area contributed by atoms with Crippen LogP contribution in [0.25, 0.3) is 0 Å². The van der Waals surface area contributed by atoms with E-state index in [2.05, 4.69) is 17.2 Å². The van der Waals surface area contributed by atoms with Crippen molar-refractivity contribution in [1.29, 1.82) is 0 Å². The lowest BCUT2D eigenvalue weighted by Crippen LogP contribution is -2.43. The number of methoxy groups -OCH3 is 1. The third kappa shape index (κ3) is 15.0. The molecule has 0 aliphatic heterocycles. The third-order valence-electron chi connectivity index (χ3n) is 3.92.